The fourth-order valence-electron chi connectivity index (χ4n) is 5.55. The minimum atomic E-state index is -4.57. The first-order valence-electron chi connectivity index (χ1n) is 13.2. The first-order chi connectivity index (χ1) is 19.1. The molecule has 1 unspecified atom stereocenters. The van der Waals surface area contributed by atoms with Gasteiger partial charge in [-0.3, -0.25) is 34.0 Å². The lowest BCUT2D eigenvalue weighted by Gasteiger charge is -2.46. The second-order valence-corrected chi connectivity index (χ2v) is 10.5. The molecule has 1 saturated heterocycles. The van der Waals surface area contributed by atoms with Crippen molar-refractivity contribution in [1.29, 1.82) is 0 Å². The van der Waals surface area contributed by atoms with Gasteiger partial charge in [-0.15, -0.1) is 0 Å². The van der Waals surface area contributed by atoms with Gasteiger partial charge in [0.05, 0.1) is 52.6 Å². The Kier molecular flexibility index (Phi) is 6.37. The minimum Gasteiger partial charge on any atom is -0.368 e. The topological polar surface area (TPSA) is 84.1 Å². The van der Waals surface area contributed by atoms with Gasteiger partial charge in [-0.2, -0.15) is 13.2 Å². The van der Waals surface area contributed by atoms with Crippen LogP contribution in [0.4, 0.5) is 24.5 Å². The van der Waals surface area contributed by atoms with E-state index in [4.69, 9.17) is 0 Å². The number of hydrogen-bond acceptors (Lipinski definition) is 6. The normalized spacial score (nSPS) is 18.6. The van der Waals surface area contributed by atoms with Crippen LogP contribution >= 0.6 is 0 Å². The lowest BCUT2D eigenvalue weighted by atomic mass is 10.0. The number of carbonyl (C=O) groups excluding carboxylic acids is 1. The Labute approximate surface area is 229 Å². The van der Waals surface area contributed by atoms with Crippen LogP contribution in [-0.4, -0.2) is 61.3 Å². The highest BCUT2D eigenvalue weighted by atomic mass is 19.4. The van der Waals surface area contributed by atoms with Crippen LogP contribution < -0.4 is 10.2 Å². The summed E-state index contributed by atoms with van der Waals surface area (Å²) < 4.78 is 43.7. The molecule has 208 valence electrons. The maximum atomic E-state index is 13.1. The van der Waals surface area contributed by atoms with E-state index in [1.54, 1.807) is 6.07 Å². The highest BCUT2D eigenvalue weighted by Gasteiger charge is 2.34. The van der Waals surface area contributed by atoms with Crippen molar-refractivity contribution in [2.75, 3.05) is 36.4 Å². The summed E-state index contributed by atoms with van der Waals surface area (Å²) in [6.07, 6.45) is 3.77. The van der Waals surface area contributed by atoms with E-state index in [2.05, 4.69) is 54.7 Å². The van der Waals surface area contributed by atoms with E-state index < -0.39 is 17.6 Å². The number of hydrogen-bond donors (Lipinski definition) is 1. The third kappa shape index (κ3) is 4.61. The average molecular weight is 551 g/mol. The average Bonchev–Trinajstić information content (AvgIpc) is 2.92. The molecule has 4 aromatic heterocycles. The summed E-state index contributed by atoms with van der Waals surface area (Å²) in [5.41, 5.74) is 3.73. The molecule has 3 aliphatic heterocycles. The van der Waals surface area contributed by atoms with Crippen LogP contribution in [0.15, 0.2) is 55.2 Å². The molecule has 1 amide bonds. The number of nitrogens with one attached hydrogen (secondary N) is 1. The van der Waals surface area contributed by atoms with Crippen LogP contribution in [0, 0.1) is 12.8 Å². The van der Waals surface area contributed by atoms with Crippen molar-refractivity contribution in [2.24, 2.45) is 5.92 Å². The number of rotatable bonds is 4. The molecule has 0 radical (unpaired) electrons. The number of alkyl halides is 3. The number of amides is 1. The van der Waals surface area contributed by atoms with Crippen LogP contribution in [0.3, 0.4) is 0 Å². The molecule has 0 spiro atoms. The van der Waals surface area contributed by atoms with Crippen LogP contribution in [0.25, 0.3) is 16.9 Å². The van der Waals surface area contributed by atoms with Crippen LogP contribution in [0.2, 0.25) is 0 Å². The molecular weight excluding hydrogens is 521 g/mol. The summed E-state index contributed by atoms with van der Waals surface area (Å²) in [5, 5.41) is 2.66. The summed E-state index contributed by atoms with van der Waals surface area (Å²) in [6, 6.07) is 5.53. The van der Waals surface area contributed by atoms with Gasteiger partial charge in [-0.25, -0.2) is 0 Å². The molecule has 1 fully saturated rings. The number of anilines is 2. The molecule has 7 rings (SSSR count). The zero-order valence-corrected chi connectivity index (χ0v) is 22.4. The van der Waals surface area contributed by atoms with E-state index in [0.717, 1.165) is 72.8 Å². The van der Waals surface area contributed by atoms with Gasteiger partial charge in [0.25, 0.3) is 5.91 Å². The molecule has 0 saturated carbocycles. The Morgan fingerprint density at radius 3 is 2.55 bits per heavy atom. The molecule has 4 bridgehead atoms. The van der Waals surface area contributed by atoms with E-state index in [9.17, 15) is 18.0 Å². The number of aromatic nitrogens is 5. The van der Waals surface area contributed by atoms with E-state index >= 15 is 0 Å². The number of piperazine rings is 1. The Morgan fingerprint density at radius 1 is 1.05 bits per heavy atom. The molecule has 4 aromatic rings. The maximum Gasteiger partial charge on any atom is 0.416 e. The van der Waals surface area contributed by atoms with Crippen molar-refractivity contribution in [3.8, 4) is 16.9 Å². The number of carbonyl (C=O) groups is 1. The lowest BCUT2D eigenvalue weighted by Crippen LogP contribution is -2.52. The minimum absolute atomic E-state index is 0.0656. The first-order valence-corrected chi connectivity index (χ1v) is 13.2. The highest BCUT2D eigenvalue weighted by molar-refractivity contribution is 6.03. The monoisotopic (exact) mass is 550 g/mol. The standard InChI is InChI=1S/C28H29F3N8O/c1-17(2)27-37-8-6-36(7-9-37)22-10-19(13-32-15-22)25-16-38(39(25)27)24-12-21(14-34-18(24)3)35-26(40)23-11-20(4-5-33-23)28(29,30)31/h4-5,10-17,27H,6-9H2,1-3H3,(H,35,40). The molecule has 40 heavy (non-hydrogen) atoms. The molecule has 12 heteroatoms. The maximum absolute atomic E-state index is 13.1. The first kappa shape index (κ1) is 26.1. The Bertz CT molecular complexity index is 1570. The molecule has 1 N–H and O–H groups in total. The number of halogens is 3. The van der Waals surface area contributed by atoms with E-state index in [-0.39, 0.29) is 17.8 Å². The SMILES string of the molecule is Cc1ncc(NC(=O)c2cc(C(F)(F)F)ccn2)cc1-n1cc2n1C(C(C)C)N1CCN(CC1)c1cncc-2c1. The predicted octanol–water partition coefficient (Wildman–Crippen LogP) is 5.00. The molecule has 0 aromatic carbocycles. The predicted molar refractivity (Wildman–Crippen MR) is 144 cm³/mol. The van der Waals surface area contributed by atoms with Gasteiger partial charge in [0, 0.05) is 44.1 Å². The number of pyridine rings is 3. The van der Waals surface area contributed by atoms with Gasteiger partial charge in [0.2, 0.25) is 0 Å². The van der Waals surface area contributed by atoms with Gasteiger partial charge in [0.15, 0.2) is 0 Å². The summed E-state index contributed by atoms with van der Waals surface area (Å²) in [4.78, 5) is 30.5. The van der Waals surface area contributed by atoms with E-state index in [1.807, 2.05) is 30.2 Å². The molecule has 1 atom stereocenters. The van der Waals surface area contributed by atoms with Crippen LogP contribution in [0.1, 0.15) is 41.8 Å². The molecule has 3 aliphatic rings. The van der Waals surface area contributed by atoms with E-state index in [1.165, 1.54) is 6.20 Å². The van der Waals surface area contributed by atoms with Crippen molar-refractivity contribution in [3.05, 3.63) is 72.2 Å². The van der Waals surface area contributed by atoms with Gasteiger partial charge in [-0.05, 0) is 37.1 Å². The molecule has 0 aliphatic carbocycles. The van der Waals surface area contributed by atoms with Gasteiger partial charge >= 0.3 is 6.18 Å². The Morgan fingerprint density at radius 2 is 1.82 bits per heavy atom. The lowest BCUT2D eigenvalue weighted by molar-refractivity contribution is -0.137. The fourth-order valence-corrected chi connectivity index (χ4v) is 5.55. The third-order valence-corrected chi connectivity index (χ3v) is 7.53. The van der Waals surface area contributed by atoms with Gasteiger partial charge in [-0.1, -0.05) is 13.8 Å². The van der Waals surface area contributed by atoms with Crippen LogP contribution in [0.5, 0.6) is 0 Å². The number of fused-ring (bicyclic) bond motifs is 2. The molecule has 9 nitrogen and oxygen atoms in total. The quantitative estimate of drug-likeness (QED) is 0.385. The zero-order valence-electron chi connectivity index (χ0n) is 22.4. The van der Waals surface area contributed by atoms with Crippen molar-refractivity contribution >= 4 is 17.3 Å². The zero-order chi connectivity index (χ0) is 28.2. The summed E-state index contributed by atoms with van der Waals surface area (Å²) in [5.74, 6) is -0.459. The Balaban J connectivity index is 1.39. The van der Waals surface area contributed by atoms with Crippen molar-refractivity contribution < 1.29 is 18.0 Å². The molecule has 7 heterocycles. The third-order valence-electron chi connectivity index (χ3n) is 7.53. The summed E-state index contributed by atoms with van der Waals surface area (Å²) in [6.45, 7) is 9.92. The largest absolute Gasteiger partial charge is 0.416 e. The number of nitrogens with zero attached hydrogens (tertiary/aromatic N) is 7. The van der Waals surface area contributed by atoms with E-state index in [0.29, 0.717) is 5.69 Å². The summed E-state index contributed by atoms with van der Waals surface area (Å²) in [7, 11) is 0. The highest BCUT2D eigenvalue weighted by Crippen LogP contribution is 2.38. The second kappa shape index (κ2) is 9.77. The summed E-state index contributed by atoms with van der Waals surface area (Å²) >= 11 is 0. The second-order valence-electron chi connectivity index (χ2n) is 10.5. The van der Waals surface area contributed by atoms with Crippen LogP contribution in [-0.2, 0) is 6.18 Å². The smallest absolute Gasteiger partial charge is 0.368 e. The number of aryl methyl sites for hydroxylation is 1. The van der Waals surface area contributed by atoms with Gasteiger partial charge in [0.1, 0.15) is 11.9 Å². The van der Waals surface area contributed by atoms with Crippen molar-refractivity contribution in [1.82, 2.24) is 29.2 Å². The fraction of sp³-hybridized carbons (Fsp3) is 0.357. The Hall–Kier alpha value is -4.19. The van der Waals surface area contributed by atoms with Crippen molar-refractivity contribution in [2.45, 2.75) is 33.1 Å². The molecular formula is C28H29F3N8O. The van der Waals surface area contributed by atoms with Gasteiger partial charge < -0.3 is 10.2 Å². The van der Waals surface area contributed by atoms with Crippen molar-refractivity contribution in [3.63, 3.8) is 0 Å².